The average molecular weight is 472 g/mol. The van der Waals surface area contributed by atoms with Crippen molar-refractivity contribution in [3.8, 4) is 27.6 Å². The van der Waals surface area contributed by atoms with Crippen molar-refractivity contribution in [2.24, 2.45) is 0 Å². The van der Waals surface area contributed by atoms with Gasteiger partial charge in [0.1, 0.15) is 0 Å². The molecule has 0 bridgehead atoms. The molecule has 5 aromatic rings. The molecule has 1 amide bonds. The number of nitrogens with zero attached hydrogens (tertiary/aromatic N) is 4. The van der Waals surface area contributed by atoms with E-state index < -0.39 is 0 Å². The van der Waals surface area contributed by atoms with Gasteiger partial charge >= 0.3 is 0 Å². The van der Waals surface area contributed by atoms with Gasteiger partial charge in [-0.1, -0.05) is 60.1 Å². The zero-order valence-corrected chi connectivity index (χ0v) is 18.9. The Morgan fingerprint density at radius 2 is 1.76 bits per heavy atom. The highest BCUT2D eigenvalue weighted by molar-refractivity contribution is 7.12. The zero-order valence-electron chi connectivity index (χ0n) is 17.4. The highest BCUT2D eigenvalue weighted by Gasteiger charge is 2.19. The highest BCUT2D eigenvalue weighted by Crippen LogP contribution is 2.29. The summed E-state index contributed by atoms with van der Waals surface area (Å²) >= 11 is 7.47. The lowest BCUT2D eigenvalue weighted by atomic mass is 10.1. The maximum absolute atomic E-state index is 12.9. The van der Waals surface area contributed by atoms with Crippen LogP contribution in [0.1, 0.15) is 16.2 Å². The van der Waals surface area contributed by atoms with Gasteiger partial charge in [0.05, 0.1) is 23.6 Å². The molecule has 0 aliphatic rings. The van der Waals surface area contributed by atoms with Crippen LogP contribution in [-0.2, 0) is 6.54 Å². The van der Waals surface area contributed by atoms with Crippen LogP contribution in [0.5, 0.6) is 0 Å². The Morgan fingerprint density at radius 3 is 2.52 bits per heavy atom. The number of thiazole rings is 1. The van der Waals surface area contributed by atoms with Crippen LogP contribution in [0.15, 0.2) is 90.4 Å². The van der Waals surface area contributed by atoms with Crippen molar-refractivity contribution in [1.82, 2.24) is 25.1 Å². The van der Waals surface area contributed by atoms with E-state index in [1.165, 1.54) is 11.3 Å². The first-order chi connectivity index (χ1) is 16.2. The number of amides is 1. The number of pyridine rings is 1. The van der Waals surface area contributed by atoms with Crippen molar-refractivity contribution in [3.63, 3.8) is 0 Å². The normalized spacial score (nSPS) is 10.8. The van der Waals surface area contributed by atoms with Crippen LogP contribution in [0.3, 0.4) is 0 Å². The molecule has 2 aromatic carbocycles. The SMILES string of the molecule is O=C(NCc1ccccn1)c1cc(-c2ccccc2)n(-c2nc(-c3ccc(Cl)cc3)cs2)n1. The molecule has 0 atom stereocenters. The molecule has 0 unspecified atom stereocenters. The van der Waals surface area contributed by atoms with Gasteiger partial charge in [-0.3, -0.25) is 9.78 Å². The van der Waals surface area contributed by atoms with Gasteiger partial charge in [0, 0.05) is 27.7 Å². The summed E-state index contributed by atoms with van der Waals surface area (Å²) in [5, 5.41) is 10.8. The van der Waals surface area contributed by atoms with Crippen LogP contribution in [0.25, 0.3) is 27.6 Å². The summed E-state index contributed by atoms with van der Waals surface area (Å²) in [5.41, 5.74) is 4.60. The fourth-order valence-corrected chi connectivity index (χ4v) is 4.25. The van der Waals surface area contributed by atoms with E-state index in [1.54, 1.807) is 16.9 Å². The lowest BCUT2D eigenvalue weighted by Crippen LogP contribution is -2.23. The molecule has 0 fully saturated rings. The van der Waals surface area contributed by atoms with E-state index >= 15 is 0 Å². The van der Waals surface area contributed by atoms with Crippen LogP contribution in [-0.4, -0.2) is 25.7 Å². The molecule has 0 aliphatic heterocycles. The minimum absolute atomic E-state index is 0.272. The molecule has 8 heteroatoms. The number of carbonyl (C=O) groups excluding carboxylic acids is 1. The van der Waals surface area contributed by atoms with Gasteiger partial charge in [0.25, 0.3) is 5.91 Å². The van der Waals surface area contributed by atoms with E-state index in [-0.39, 0.29) is 5.91 Å². The quantitative estimate of drug-likeness (QED) is 0.347. The molecule has 0 saturated heterocycles. The van der Waals surface area contributed by atoms with Crippen LogP contribution in [0.4, 0.5) is 0 Å². The second-order valence-electron chi connectivity index (χ2n) is 7.22. The molecule has 33 heavy (non-hydrogen) atoms. The molecule has 0 spiro atoms. The molecule has 3 heterocycles. The monoisotopic (exact) mass is 471 g/mol. The summed E-state index contributed by atoms with van der Waals surface area (Å²) in [7, 11) is 0. The van der Waals surface area contributed by atoms with Crippen molar-refractivity contribution in [2.45, 2.75) is 6.54 Å². The number of benzene rings is 2. The van der Waals surface area contributed by atoms with Crippen molar-refractivity contribution in [1.29, 1.82) is 0 Å². The standard InChI is InChI=1S/C25H18ClN5OS/c26-19-11-9-17(10-12-19)22-16-33-25(29-22)31-23(18-6-2-1-3-7-18)14-21(30-31)24(32)28-15-20-8-4-5-13-27-20/h1-14,16H,15H2,(H,28,32). The predicted molar refractivity (Wildman–Crippen MR) is 131 cm³/mol. The fourth-order valence-electron chi connectivity index (χ4n) is 3.33. The first-order valence-corrected chi connectivity index (χ1v) is 11.5. The number of hydrogen-bond donors (Lipinski definition) is 1. The van der Waals surface area contributed by atoms with E-state index in [4.69, 9.17) is 16.6 Å². The minimum atomic E-state index is -0.272. The van der Waals surface area contributed by atoms with Gasteiger partial charge in [-0.25, -0.2) is 9.67 Å². The Labute approximate surface area is 199 Å². The second kappa shape index (κ2) is 9.36. The Hall–Kier alpha value is -3.81. The van der Waals surface area contributed by atoms with Gasteiger partial charge in [-0.2, -0.15) is 5.10 Å². The number of aromatic nitrogens is 4. The van der Waals surface area contributed by atoms with Gasteiger partial charge in [0.15, 0.2) is 5.69 Å². The van der Waals surface area contributed by atoms with E-state index in [2.05, 4.69) is 15.4 Å². The second-order valence-corrected chi connectivity index (χ2v) is 8.49. The minimum Gasteiger partial charge on any atom is -0.345 e. The predicted octanol–water partition coefficient (Wildman–Crippen LogP) is 5.64. The Balaban J connectivity index is 1.48. The van der Waals surface area contributed by atoms with Crippen molar-refractivity contribution in [2.75, 3.05) is 0 Å². The summed E-state index contributed by atoms with van der Waals surface area (Å²) in [6.45, 7) is 0.325. The largest absolute Gasteiger partial charge is 0.345 e. The van der Waals surface area contributed by atoms with E-state index in [1.807, 2.05) is 78.2 Å². The first-order valence-electron chi connectivity index (χ1n) is 10.2. The molecule has 3 aromatic heterocycles. The first kappa shape index (κ1) is 21.1. The number of hydrogen-bond acceptors (Lipinski definition) is 5. The third-order valence-electron chi connectivity index (χ3n) is 4.98. The molecule has 0 aliphatic carbocycles. The van der Waals surface area contributed by atoms with Crippen LogP contribution in [0.2, 0.25) is 5.02 Å². The van der Waals surface area contributed by atoms with Gasteiger partial charge in [-0.15, -0.1) is 11.3 Å². The maximum Gasteiger partial charge on any atom is 0.272 e. The van der Waals surface area contributed by atoms with Crippen molar-refractivity contribution in [3.05, 3.63) is 107 Å². The Bertz CT molecular complexity index is 1380. The number of rotatable bonds is 6. The smallest absolute Gasteiger partial charge is 0.272 e. The highest BCUT2D eigenvalue weighted by atomic mass is 35.5. The summed E-state index contributed by atoms with van der Waals surface area (Å²) < 4.78 is 1.72. The number of carbonyl (C=O) groups is 1. The lowest BCUT2D eigenvalue weighted by molar-refractivity contribution is 0.0945. The summed E-state index contributed by atoms with van der Waals surface area (Å²) in [4.78, 5) is 21.9. The zero-order chi connectivity index (χ0) is 22.6. The lowest BCUT2D eigenvalue weighted by Gasteiger charge is -2.04. The average Bonchev–Trinajstić information content (AvgIpc) is 3.52. The molecule has 0 radical (unpaired) electrons. The maximum atomic E-state index is 12.9. The molecule has 1 N–H and O–H groups in total. The van der Waals surface area contributed by atoms with Crippen LogP contribution < -0.4 is 5.32 Å². The van der Waals surface area contributed by atoms with Crippen molar-refractivity contribution < 1.29 is 4.79 Å². The molecule has 6 nitrogen and oxygen atoms in total. The van der Waals surface area contributed by atoms with Crippen LogP contribution in [0, 0.1) is 0 Å². The molecular formula is C25H18ClN5OS. The van der Waals surface area contributed by atoms with Crippen LogP contribution >= 0.6 is 22.9 Å². The Kier molecular flexibility index (Phi) is 5.97. The molecule has 162 valence electrons. The van der Waals surface area contributed by atoms with E-state index in [0.29, 0.717) is 22.4 Å². The van der Waals surface area contributed by atoms with Gasteiger partial charge in [0.2, 0.25) is 5.13 Å². The van der Waals surface area contributed by atoms with Crippen molar-refractivity contribution >= 4 is 28.8 Å². The Morgan fingerprint density at radius 1 is 0.970 bits per heavy atom. The number of nitrogens with one attached hydrogen (secondary N) is 1. The van der Waals surface area contributed by atoms with E-state index in [9.17, 15) is 4.79 Å². The molecule has 0 saturated carbocycles. The van der Waals surface area contributed by atoms with Gasteiger partial charge < -0.3 is 5.32 Å². The molecule has 5 rings (SSSR count). The fraction of sp³-hybridized carbons (Fsp3) is 0.0400. The third kappa shape index (κ3) is 4.69. The van der Waals surface area contributed by atoms with Gasteiger partial charge in [-0.05, 0) is 30.3 Å². The number of halogens is 1. The summed E-state index contributed by atoms with van der Waals surface area (Å²) in [6.07, 6.45) is 1.70. The third-order valence-corrected chi connectivity index (χ3v) is 6.05. The summed E-state index contributed by atoms with van der Waals surface area (Å²) in [6, 6.07) is 24.7. The molecular weight excluding hydrogens is 454 g/mol. The summed E-state index contributed by atoms with van der Waals surface area (Å²) in [5.74, 6) is -0.272. The van der Waals surface area contributed by atoms with E-state index in [0.717, 1.165) is 28.2 Å². The topological polar surface area (TPSA) is 72.7 Å².